The molecule has 1 aromatic rings. The Balaban J connectivity index is 1.74. The normalized spacial score (nSPS) is 18.7. The van der Waals surface area contributed by atoms with Gasteiger partial charge in [0.15, 0.2) is 0 Å². The van der Waals surface area contributed by atoms with Gasteiger partial charge in [0.2, 0.25) is 0 Å². The van der Waals surface area contributed by atoms with E-state index in [1.807, 2.05) is 12.4 Å². The molecule has 3 nitrogen and oxygen atoms in total. The minimum Gasteiger partial charge on any atom is -0.393 e. The van der Waals surface area contributed by atoms with Crippen LogP contribution in [0, 0.1) is 5.92 Å². The lowest BCUT2D eigenvalue weighted by atomic mass is 9.98. The van der Waals surface area contributed by atoms with Gasteiger partial charge in [-0.3, -0.25) is 0 Å². The van der Waals surface area contributed by atoms with Gasteiger partial charge in [0.25, 0.3) is 0 Å². The van der Waals surface area contributed by atoms with E-state index in [1.54, 1.807) is 0 Å². The summed E-state index contributed by atoms with van der Waals surface area (Å²) in [5.41, 5.74) is 0. The summed E-state index contributed by atoms with van der Waals surface area (Å²) in [4.78, 5) is 4.31. The van der Waals surface area contributed by atoms with Gasteiger partial charge in [0.05, 0.1) is 6.10 Å². The second-order valence-electron chi connectivity index (χ2n) is 5.22. The fraction of sp³-hybridized carbons (Fsp3) is 0.786. The molecule has 1 N–H and O–H groups in total. The zero-order valence-corrected chi connectivity index (χ0v) is 10.8. The van der Waals surface area contributed by atoms with Crippen LogP contribution < -0.4 is 0 Å². The average Bonchev–Trinajstić information content (AvgIpc) is 2.97. The first kappa shape index (κ1) is 12.6. The molecule has 1 atom stereocenters. The molecule has 1 aliphatic rings. The summed E-state index contributed by atoms with van der Waals surface area (Å²) < 4.78 is 2.11. The van der Waals surface area contributed by atoms with Crippen LogP contribution in [0.5, 0.6) is 0 Å². The highest BCUT2D eigenvalue weighted by molar-refractivity contribution is 4.94. The highest BCUT2D eigenvalue weighted by atomic mass is 16.3. The molecule has 0 radical (unpaired) electrons. The third-order valence-corrected chi connectivity index (χ3v) is 3.94. The number of rotatable bonds is 6. The Bertz CT molecular complexity index is 329. The van der Waals surface area contributed by atoms with Crippen LogP contribution in [0.2, 0.25) is 0 Å². The Kier molecular flexibility index (Phi) is 4.60. The van der Waals surface area contributed by atoms with Crippen LogP contribution in [-0.4, -0.2) is 20.8 Å². The lowest BCUT2D eigenvalue weighted by Crippen LogP contribution is -2.15. The minimum absolute atomic E-state index is 0.219. The van der Waals surface area contributed by atoms with Gasteiger partial charge in [-0.25, -0.2) is 4.98 Å². The van der Waals surface area contributed by atoms with Crippen molar-refractivity contribution in [3.05, 3.63) is 18.2 Å². The molecule has 0 saturated heterocycles. The molecule has 1 aliphatic carbocycles. The van der Waals surface area contributed by atoms with Crippen LogP contribution in [0.1, 0.15) is 51.3 Å². The second kappa shape index (κ2) is 6.20. The summed E-state index contributed by atoms with van der Waals surface area (Å²) in [5.74, 6) is 1.89. The Morgan fingerprint density at radius 2 is 2.24 bits per heavy atom. The van der Waals surface area contributed by atoms with Crippen LogP contribution in [0.15, 0.2) is 12.4 Å². The molecule has 1 unspecified atom stereocenters. The quantitative estimate of drug-likeness (QED) is 0.824. The van der Waals surface area contributed by atoms with Gasteiger partial charge in [-0.05, 0) is 25.7 Å². The molecule has 96 valence electrons. The highest BCUT2D eigenvalue weighted by Gasteiger charge is 2.17. The fourth-order valence-electron chi connectivity index (χ4n) is 2.86. The average molecular weight is 236 g/mol. The zero-order chi connectivity index (χ0) is 12.1. The molecule has 2 rings (SSSR count). The molecule has 3 heteroatoms. The van der Waals surface area contributed by atoms with Crippen molar-refractivity contribution in [3.8, 4) is 0 Å². The maximum absolute atomic E-state index is 10.0. The number of hydrogen-bond donors (Lipinski definition) is 1. The lowest BCUT2D eigenvalue weighted by molar-refractivity contribution is 0.151. The summed E-state index contributed by atoms with van der Waals surface area (Å²) in [7, 11) is 0. The number of aromatic nitrogens is 2. The van der Waals surface area contributed by atoms with Crippen LogP contribution in [-0.2, 0) is 13.0 Å². The van der Waals surface area contributed by atoms with E-state index in [0.717, 1.165) is 24.7 Å². The SMILES string of the molecule is CCn1ccnc1CC(O)CCC1CCCC1. The summed E-state index contributed by atoms with van der Waals surface area (Å²) in [5, 5.41) is 10.0. The van der Waals surface area contributed by atoms with Crippen molar-refractivity contribution < 1.29 is 5.11 Å². The number of imidazole rings is 1. The first-order valence-corrected chi connectivity index (χ1v) is 6.97. The molecule has 1 fully saturated rings. The van der Waals surface area contributed by atoms with E-state index in [-0.39, 0.29) is 6.10 Å². The van der Waals surface area contributed by atoms with Gasteiger partial charge in [-0.2, -0.15) is 0 Å². The fourth-order valence-corrected chi connectivity index (χ4v) is 2.86. The van der Waals surface area contributed by atoms with Crippen molar-refractivity contribution in [3.63, 3.8) is 0 Å². The molecule has 0 aromatic carbocycles. The molecule has 0 amide bonds. The highest BCUT2D eigenvalue weighted by Crippen LogP contribution is 2.29. The molecular weight excluding hydrogens is 212 g/mol. The van der Waals surface area contributed by atoms with Crippen LogP contribution in [0.3, 0.4) is 0 Å². The maximum Gasteiger partial charge on any atom is 0.111 e. The Morgan fingerprint density at radius 1 is 1.47 bits per heavy atom. The molecule has 17 heavy (non-hydrogen) atoms. The van der Waals surface area contributed by atoms with Crippen molar-refractivity contribution in [2.75, 3.05) is 0 Å². The van der Waals surface area contributed by atoms with E-state index >= 15 is 0 Å². The first-order valence-electron chi connectivity index (χ1n) is 6.97. The standard InChI is InChI=1S/C14H24N2O/c1-2-16-10-9-15-14(16)11-13(17)8-7-12-5-3-4-6-12/h9-10,12-13,17H,2-8,11H2,1H3. The van der Waals surface area contributed by atoms with Crippen LogP contribution in [0.4, 0.5) is 0 Å². The third-order valence-electron chi connectivity index (χ3n) is 3.94. The van der Waals surface area contributed by atoms with E-state index in [2.05, 4.69) is 16.5 Å². The summed E-state index contributed by atoms with van der Waals surface area (Å²) in [6.45, 7) is 3.04. The van der Waals surface area contributed by atoms with Crippen molar-refractivity contribution in [1.29, 1.82) is 0 Å². The van der Waals surface area contributed by atoms with Crippen molar-refractivity contribution >= 4 is 0 Å². The molecule has 1 aromatic heterocycles. The maximum atomic E-state index is 10.0. The van der Waals surface area contributed by atoms with Crippen molar-refractivity contribution in [1.82, 2.24) is 9.55 Å². The number of aliphatic hydroxyl groups is 1. The summed E-state index contributed by atoms with van der Waals surface area (Å²) in [6.07, 6.45) is 11.9. The first-order chi connectivity index (χ1) is 8.29. The van der Waals surface area contributed by atoms with Crippen LogP contribution in [0.25, 0.3) is 0 Å². The zero-order valence-electron chi connectivity index (χ0n) is 10.8. The van der Waals surface area contributed by atoms with E-state index in [0.29, 0.717) is 6.42 Å². The van der Waals surface area contributed by atoms with Gasteiger partial charge in [0, 0.05) is 25.4 Å². The van der Waals surface area contributed by atoms with E-state index in [4.69, 9.17) is 0 Å². The Hall–Kier alpha value is -0.830. The van der Waals surface area contributed by atoms with E-state index in [9.17, 15) is 5.11 Å². The smallest absolute Gasteiger partial charge is 0.111 e. The van der Waals surface area contributed by atoms with Crippen molar-refractivity contribution in [2.24, 2.45) is 5.92 Å². The Morgan fingerprint density at radius 3 is 2.94 bits per heavy atom. The van der Waals surface area contributed by atoms with E-state index < -0.39 is 0 Å². The van der Waals surface area contributed by atoms with Crippen LogP contribution >= 0.6 is 0 Å². The predicted octanol–water partition coefficient (Wildman–Crippen LogP) is 2.78. The predicted molar refractivity (Wildman–Crippen MR) is 68.8 cm³/mol. The Labute approximate surface area is 104 Å². The molecule has 1 heterocycles. The monoisotopic (exact) mass is 236 g/mol. The largest absolute Gasteiger partial charge is 0.393 e. The van der Waals surface area contributed by atoms with Gasteiger partial charge in [-0.1, -0.05) is 25.7 Å². The van der Waals surface area contributed by atoms with Gasteiger partial charge in [-0.15, -0.1) is 0 Å². The van der Waals surface area contributed by atoms with Gasteiger partial charge < -0.3 is 9.67 Å². The van der Waals surface area contributed by atoms with Gasteiger partial charge >= 0.3 is 0 Å². The second-order valence-corrected chi connectivity index (χ2v) is 5.22. The number of hydrogen-bond acceptors (Lipinski definition) is 2. The minimum atomic E-state index is -0.219. The number of nitrogens with zero attached hydrogens (tertiary/aromatic N) is 2. The number of aliphatic hydroxyl groups excluding tert-OH is 1. The van der Waals surface area contributed by atoms with E-state index in [1.165, 1.54) is 32.1 Å². The molecule has 0 aliphatic heterocycles. The van der Waals surface area contributed by atoms with Crippen molar-refractivity contribution in [2.45, 2.75) is 64.5 Å². The lowest BCUT2D eigenvalue weighted by Gasteiger charge is -2.14. The summed E-state index contributed by atoms with van der Waals surface area (Å²) >= 11 is 0. The molecule has 1 saturated carbocycles. The number of aryl methyl sites for hydroxylation is 1. The third kappa shape index (κ3) is 3.56. The van der Waals surface area contributed by atoms with Gasteiger partial charge in [0.1, 0.15) is 5.82 Å². The molecule has 0 bridgehead atoms. The topological polar surface area (TPSA) is 38.0 Å². The molecular formula is C14H24N2O. The summed E-state index contributed by atoms with van der Waals surface area (Å²) in [6, 6.07) is 0. The molecule has 0 spiro atoms.